The summed E-state index contributed by atoms with van der Waals surface area (Å²) in [5.74, 6) is 2.87. The number of likely N-dealkylation sites (tertiary alicyclic amines) is 1. The van der Waals surface area contributed by atoms with E-state index in [1.165, 1.54) is 0 Å². The molecule has 33 heavy (non-hydrogen) atoms. The topological polar surface area (TPSA) is 93.1 Å². The number of carbonyl (C=O) groups excluding carboxylic acids is 1. The summed E-state index contributed by atoms with van der Waals surface area (Å²) in [5, 5.41) is 3.40. The summed E-state index contributed by atoms with van der Waals surface area (Å²) in [6.45, 7) is 5.90. The highest BCUT2D eigenvalue weighted by Gasteiger charge is 2.25. The summed E-state index contributed by atoms with van der Waals surface area (Å²) in [7, 11) is 1.67. The number of methoxy groups -OCH3 is 1. The minimum Gasteiger partial charge on any atom is -0.497 e. The molecule has 172 valence electrons. The summed E-state index contributed by atoms with van der Waals surface area (Å²) in [4.78, 5) is 32.2. The normalized spacial score (nSPS) is 14.2. The molecule has 4 rings (SSSR count). The largest absolute Gasteiger partial charge is 0.497 e. The Labute approximate surface area is 194 Å². The first-order chi connectivity index (χ1) is 16.0. The summed E-state index contributed by atoms with van der Waals surface area (Å²) in [6, 6.07) is 10.0. The zero-order chi connectivity index (χ0) is 23.2. The maximum Gasteiger partial charge on any atom is 0.274 e. The Kier molecular flexibility index (Phi) is 7.12. The minimum atomic E-state index is -0.0390. The van der Waals surface area contributed by atoms with Crippen molar-refractivity contribution in [3.05, 3.63) is 71.2 Å². The maximum absolute atomic E-state index is 12.7. The predicted molar refractivity (Wildman–Crippen MR) is 126 cm³/mol. The number of ether oxygens (including phenoxy) is 1. The lowest BCUT2D eigenvalue weighted by molar-refractivity contribution is 0.0683. The summed E-state index contributed by atoms with van der Waals surface area (Å²) < 4.78 is 5.30. The fourth-order valence-electron chi connectivity index (χ4n) is 4.10. The van der Waals surface area contributed by atoms with Gasteiger partial charge in [0.25, 0.3) is 5.91 Å². The SMILES string of the molecule is COc1cccc(CNc2cc(CC3CCN(C(=O)c4cnc(C)cn4)CC3)nc(C)n2)c1. The molecule has 1 saturated heterocycles. The summed E-state index contributed by atoms with van der Waals surface area (Å²) in [5.41, 5.74) is 3.38. The Balaban J connectivity index is 1.32. The molecule has 0 unspecified atom stereocenters. The second-order valence-electron chi connectivity index (χ2n) is 8.48. The van der Waals surface area contributed by atoms with Crippen LogP contribution < -0.4 is 10.1 Å². The van der Waals surface area contributed by atoms with E-state index < -0.39 is 0 Å². The van der Waals surface area contributed by atoms with Gasteiger partial charge in [0, 0.05) is 37.6 Å². The smallest absolute Gasteiger partial charge is 0.274 e. The molecule has 1 aliphatic heterocycles. The number of rotatable bonds is 7. The van der Waals surface area contributed by atoms with Crippen molar-refractivity contribution < 1.29 is 9.53 Å². The van der Waals surface area contributed by atoms with Gasteiger partial charge in [0.15, 0.2) is 0 Å². The number of nitrogens with one attached hydrogen (secondary N) is 1. The molecule has 8 nitrogen and oxygen atoms in total. The van der Waals surface area contributed by atoms with Crippen molar-refractivity contribution in [1.29, 1.82) is 0 Å². The van der Waals surface area contributed by atoms with Gasteiger partial charge in [-0.15, -0.1) is 0 Å². The molecular weight excluding hydrogens is 416 g/mol. The number of hydrogen-bond donors (Lipinski definition) is 1. The highest BCUT2D eigenvalue weighted by molar-refractivity contribution is 5.92. The number of hydrogen-bond acceptors (Lipinski definition) is 7. The predicted octanol–water partition coefficient (Wildman–Crippen LogP) is 3.60. The summed E-state index contributed by atoms with van der Waals surface area (Å²) >= 11 is 0. The molecule has 0 saturated carbocycles. The van der Waals surface area contributed by atoms with Crippen LogP contribution in [0, 0.1) is 19.8 Å². The number of piperidine rings is 1. The van der Waals surface area contributed by atoms with E-state index in [1.54, 1.807) is 19.5 Å². The van der Waals surface area contributed by atoms with Gasteiger partial charge < -0.3 is 15.0 Å². The fourth-order valence-corrected chi connectivity index (χ4v) is 4.10. The van der Waals surface area contributed by atoms with Crippen molar-refractivity contribution in [3.63, 3.8) is 0 Å². The van der Waals surface area contributed by atoms with Gasteiger partial charge in [0.2, 0.25) is 0 Å². The molecule has 1 aromatic carbocycles. The average Bonchev–Trinajstić information content (AvgIpc) is 2.83. The van der Waals surface area contributed by atoms with Gasteiger partial charge >= 0.3 is 0 Å². The molecule has 8 heteroatoms. The first-order valence-corrected chi connectivity index (χ1v) is 11.3. The van der Waals surface area contributed by atoms with E-state index >= 15 is 0 Å². The van der Waals surface area contributed by atoms with E-state index in [9.17, 15) is 4.79 Å². The van der Waals surface area contributed by atoms with Gasteiger partial charge in [-0.3, -0.25) is 9.78 Å². The molecule has 0 radical (unpaired) electrons. The van der Waals surface area contributed by atoms with Crippen LogP contribution in [0.25, 0.3) is 0 Å². The van der Waals surface area contributed by atoms with Gasteiger partial charge in [0.1, 0.15) is 23.1 Å². The number of carbonyl (C=O) groups is 1. The number of anilines is 1. The fraction of sp³-hybridized carbons (Fsp3) is 0.400. The highest BCUT2D eigenvalue weighted by atomic mass is 16.5. The van der Waals surface area contributed by atoms with Gasteiger partial charge in [0.05, 0.1) is 19.0 Å². The van der Waals surface area contributed by atoms with Crippen LogP contribution in [0.15, 0.2) is 42.7 Å². The molecule has 1 amide bonds. The Morgan fingerprint density at radius 1 is 1.12 bits per heavy atom. The van der Waals surface area contributed by atoms with Crippen LogP contribution in [0.1, 0.15) is 46.1 Å². The minimum absolute atomic E-state index is 0.0390. The molecular formula is C25H30N6O2. The van der Waals surface area contributed by atoms with E-state index in [0.29, 0.717) is 18.2 Å². The molecule has 2 aromatic heterocycles. The monoisotopic (exact) mass is 446 g/mol. The van der Waals surface area contributed by atoms with Crippen LogP contribution in [0.2, 0.25) is 0 Å². The third kappa shape index (κ3) is 6.03. The van der Waals surface area contributed by atoms with E-state index in [-0.39, 0.29) is 5.91 Å². The Bertz CT molecular complexity index is 1090. The van der Waals surface area contributed by atoms with Crippen LogP contribution >= 0.6 is 0 Å². The lowest BCUT2D eigenvalue weighted by atomic mass is 9.92. The van der Waals surface area contributed by atoms with E-state index in [0.717, 1.165) is 66.7 Å². The molecule has 1 fully saturated rings. The van der Waals surface area contributed by atoms with E-state index in [4.69, 9.17) is 4.74 Å². The molecule has 1 N–H and O–H groups in total. The third-order valence-corrected chi connectivity index (χ3v) is 5.90. The van der Waals surface area contributed by atoms with Crippen molar-refractivity contribution in [3.8, 4) is 5.75 Å². The van der Waals surface area contributed by atoms with Crippen LogP contribution in [0.5, 0.6) is 5.75 Å². The van der Waals surface area contributed by atoms with Crippen molar-refractivity contribution in [1.82, 2.24) is 24.8 Å². The first-order valence-electron chi connectivity index (χ1n) is 11.3. The van der Waals surface area contributed by atoms with Crippen molar-refractivity contribution >= 4 is 11.7 Å². The van der Waals surface area contributed by atoms with Crippen LogP contribution in [-0.2, 0) is 13.0 Å². The van der Waals surface area contributed by atoms with E-state index in [2.05, 4.69) is 31.3 Å². The maximum atomic E-state index is 12.7. The lowest BCUT2D eigenvalue weighted by Gasteiger charge is -2.31. The highest BCUT2D eigenvalue weighted by Crippen LogP contribution is 2.23. The molecule has 3 aromatic rings. The number of aryl methyl sites for hydroxylation is 2. The number of amides is 1. The van der Waals surface area contributed by atoms with E-state index in [1.807, 2.05) is 43.0 Å². The van der Waals surface area contributed by atoms with Gasteiger partial charge in [-0.2, -0.15) is 0 Å². The van der Waals surface area contributed by atoms with Crippen LogP contribution in [0.3, 0.4) is 0 Å². The molecule has 3 heterocycles. The lowest BCUT2D eigenvalue weighted by Crippen LogP contribution is -2.39. The molecule has 0 atom stereocenters. The average molecular weight is 447 g/mol. The van der Waals surface area contributed by atoms with Gasteiger partial charge in [-0.25, -0.2) is 15.0 Å². The van der Waals surface area contributed by atoms with Crippen molar-refractivity contribution in [2.24, 2.45) is 5.92 Å². The van der Waals surface area contributed by atoms with Crippen LogP contribution in [0.4, 0.5) is 5.82 Å². The Hall–Kier alpha value is -3.55. The molecule has 1 aliphatic rings. The van der Waals surface area contributed by atoms with Gasteiger partial charge in [-0.1, -0.05) is 12.1 Å². The third-order valence-electron chi connectivity index (χ3n) is 5.90. The Morgan fingerprint density at radius 2 is 1.94 bits per heavy atom. The standard InChI is InChI=1S/C25H30N6O2/c1-17-14-27-23(16-26-17)25(32)31-9-7-19(8-10-31)11-21-13-24(30-18(2)29-21)28-15-20-5-4-6-22(12-20)33-3/h4-6,12-14,16,19H,7-11,15H2,1-3H3,(H,28,29,30). The summed E-state index contributed by atoms with van der Waals surface area (Å²) in [6.07, 6.45) is 5.97. The molecule has 0 spiro atoms. The second kappa shape index (κ2) is 10.4. The van der Waals surface area contributed by atoms with Gasteiger partial charge in [-0.05, 0) is 56.7 Å². The van der Waals surface area contributed by atoms with Crippen molar-refractivity contribution in [2.45, 2.75) is 39.7 Å². The van der Waals surface area contributed by atoms with Crippen LogP contribution in [-0.4, -0.2) is 50.9 Å². The quantitative estimate of drug-likeness (QED) is 0.593. The van der Waals surface area contributed by atoms with Crippen molar-refractivity contribution in [2.75, 3.05) is 25.5 Å². The molecule has 0 aliphatic carbocycles. The first kappa shape index (κ1) is 22.6. The number of aromatic nitrogens is 4. The zero-order valence-electron chi connectivity index (χ0n) is 19.4. The number of nitrogens with zero attached hydrogens (tertiary/aromatic N) is 5. The second-order valence-corrected chi connectivity index (χ2v) is 8.48. The molecule has 0 bridgehead atoms. The zero-order valence-corrected chi connectivity index (χ0v) is 19.4. The number of benzene rings is 1. The Morgan fingerprint density at radius 3 is 2.67 bits per heavy atom.